The lowest BCUT2D eigenvalue weighted by molar-refractivity contribution is 0.184. The highest BCUT2D eigenvalue weighted by Crippen LogP contribution is 2.43. The Morgan fingerprint density at radius 3 is 2.50 bits per heavy atom. The first-order valence-electron chi connectivity index (χ1n) is 10.4. The summed E-state index contributed by atoms with van der Waals surface area (Å²) < 4.78 is 0. The van der Waals surface area contributed by atoms with E-state index in [0.29, 0.717) is 5.41 Å². The third-order valence-electron chi connectivity index (χ3n) is 6.66. The van der Waals surface area contributed by atoms with Crippen LogP contribution in [-0.4, -0.2) is 62.1 Å². The molecule has 0 bridgehead atoms. The molecule has 24 heavy (non-hydrogen) atoms. The van der Waals surface area contributed by atoms with Gasteiger partial charge in [-0.1, -0.05) is 26.2 Å². The molecule has 1 aliphatic carbocycles. The van der Waals surface area contributed by atoms with E-state index in [0.717, 1.165) is 18.4 Å². The van der Waals surface area contributed by atoms with Crippen molar-refractivity contribution in [3.8, 4) is 0 Å². The molecule has 0 amide bonds. The van der Waals surface area contributed by atoms with Crippen LogP contribution in [0.2, 0.25) is 0 Å². The summed E-state index contributed by atoms with van der Waals surface area (Å²) in [4.78, 5) is 9.76. The Balaban J connectivity index is 1.43. The molecule has 3 aliphatic rings. The van der Waals surface area contributed by atoms with Gasteiger partial charge in [0, 0.05) is 26.7 Å². The summed E-state index contributed by atoms with van der Waals surface area (Å²) in [6, 6.07) is 0. The van der Waals surface area contributed by atoms with Crippen molar-refractivity contribution in [1.29, 1.82) is 0 Å². The smallest absolute Gasteiger partial charge is 0.193 e. The molecule has 0 radical (unpaired) electrons. The molecule has 0 aromatic carbocycles. The molecule has 1 saturated carbocycles. The summed E-state index contributed by atoms with van der Waals surface area (Å²) in [5, 5.41) is 3.71. The van der Waals surface area contributed by atoms with Gasteiger partial charge in [0.05, 0.1) is 0 Å². The highest BCUT2D eigenvalue weighted by atomic mass is 15.3. The standard InChI is InChI=1S/C20H38N4/c1-3-12-23-13-7-18(8-14-23)16-22-19(21-2)24-15-11-20(17-24)9-5-4-6-10-20/h18H,3-17H2,1-2H3,(H,21,22). The van der Waals surface area contributed by atoms with E-state index in [2.05, 4.69) is 27.0 Å². The van der Waals surface area contributed by atoms with E-state index < -0.39 is 0 Å². The van der Waals surface area contributed by atoms with Crippen LogP contribution in [0.1, 0.15) is 64.7 Å². The summed E-state index contributed by atoms with van der Waals surface area (Å²) in [5.41, 5.74) is 0.612. The summed E-state index contributed by atoms with van der Waals surface area (Å²) in [6.45, 7) is 9.67. The molecule has 1 spiro atoms. The maximum absolute atomic E-state index is 4.60. The minimum absolute atomic E-state index is 0.612. The van der Waals surface area contributed by atoms with Gasteiger partial charge in [-0.25, -0.2) is 0 Å². The number of piperidine rings is 1. The topological polar surface area (TPSA) is 30.9 Å². The van der Waals surface area contributed by atoms with E-state index in [9.17, 15) is 0 Å². The largest absolute Gasteiger partial charge is 0.356 e. The number of rotatable bonds is 4. The van der Waals surface area contributed by atoms with Crippen LogP contribution >= 0.6 is 0 Å². The SMILES string of the molecule is CCCN1CCC(CNC(=NC)N2CCC3(CCCCC3)C2)CC1. The van der Waals surface area contributed by atoms with Gasteiger partial charge >= 0.3 is 0 Å². The molecular formula is C20H38N4. The van der Waals surface area contributed by atoms with Gasteiger partial charge in [0.15, 0.2) is 5.96 Å². The zero-order valence-electron chi connectivity index (χ0n) is 16.0. The van der Waals surface area contributed by atoms with Crippen molar-refractivity contribution >= 4 is 5.96 Å². The molecule has 1 N–H and O–H groups in total. The quantitative estimate of drug-likeness (QED) is 0.632. The summed E-state index contributed by atoms with van der Waals surface area (Å²) >= 11 is 0. The van der Waals surface area contributed by atoms with Crippen molar-refractivity contribution < 1.29 is 0 Å². The summed E-state index contributed by atoms with van der Waals surface area (Å²) in [6.07, 6.45) is 12.6. The average Bonchev–Trinajstić information content (AvgIpc) is 3.01. The van der Waals surface area contributed by atoms with Gasteiger partial charge in [-0.05, 0) is 69.5 Å². The van der Waals surface area contributed by atoms with Crippen LogP contribution in [0.4, 0.5) is 0 Å². The number of aliphatic imine (C=N–C) groups is 1. The highest BCUT2D eigenvalue weighted by molar-refractivity contribution is 5.80. The van der Waals surface area contributed by atoms with E-state index in [1.165, 1.54) is 90.5 Å². The lowest BCUT2D eigenvalue weighted by Crippen LogP contribution is -2.45. The summed E-state index contributed by atoms with van der Waals surface area (Å²) in [5.74, 6) is 1.98. The molecule has 138 valence electrons. The Morgan fingerprint density at radius 2 is 1.83 bits per heavy atom. The van der Waals surface area contributed by atoms with Crippen LogP contribution in [-0.2, 0) is 0 Å². The monoisotopic (exact) mass is 334 g/mol. The van der Waals surface area contributed by atoms with E-state index in [1.54, 1.807) is 0 Å². The molecule has 2 aliphatic heterocycles. The number of hydrogen-bond donors (Lipinski definition) is 1. The van der Waals surface area contributed by atoms with Gasteiger partial charge in [0.1, 0.15) is 0 Å². The Morgan fingerprint density at radius 1 is 1.08 bits per heavy atom. The van der Waals surface area contributed by atoms with Crippen molar-refractivity contribution in [2.75, 3.05) is 46.3 Å². The molecule has 0 atom stereocenters. The fraction of sp³-hybridized carbons (Fsp3) is 0.950. The molecule has 4 nitrogen and oxygen atoms in total. The summed E-state index contributed by atoms with van der Waals surface area (Å²) in [7, 11) is 1.96. The number of nitrogens with one attached hydrogen (secondary N) is 1. The lowest BCUT2D eigenvalue weighted by atomic mass is 9.73. The zero-order chi connectivity index (χ0) is 16.8. The van der Waals surface area contributed by atoms with E-state index in [4.69, 9.17) is 0 Å². The van der Waals surface area contributed by atoms with E-state index in [-0.39, 0.29) is 0 Å². The van der Waals surface area contributed by atoms with Crippen molar-refractivity contribution in [3.05, 3.63) is 0 Å². The van der Waals surface area contributed by atoms with Crippen LogP contribution in [0.3, 0.4) is 0 Å². The van der Waals surface area contributed by atoms with Gasteiger partial charge in [0.2, 0.25) is 0 Å². The van der Waals surface area contributed by atoms with Gasteiger partial charge in [-0.15, -0.1) is 0 Å². The number of guanidine groups is 1. The molecule has 2 heterocycles. The van der Waals surface area contributed by atoms with Crippen molar-refractivity contribution in [3.63, 3.8) is 0 Å². The molecule has 4 heteroatoms. The van der Waals surface area contributed by atoms with Crippen molar-refractivity contribution in [2.45, 2.75) is 64.7 Å². The van der Waals surface area contributed by atoms with Crippen molar-refractivity contribution in [2.24, 2.45) is 16.3 Å². The third-order valence-corrected chi connectivity index (χ3v) is 6.66. The first kappa shape index (κ1) is 18.0. The second kappa shape index (κ2) is 8.55. The first-order chi connectivity index (χ1) is 11.7. The number of nitrogens with zero attached hydrogens (tertiary/aromatic N) is 3. The Kier molecular flexibility index (Phi) is 6.43. The van der Waals surface area contributed by atoms with Crippen LogP contribution in [0.5, 0.6) is 0 Å². The number of likely N-dealkylation sites (tertiary alicyclic amines) is 2. The molecular weight excluding hydrogens is 296 g/mol. The second-order valence-corrected chi connectivity index (χ2v) is 8.45. The molecule has 0 unspecified atom stereocenters. The Labute approximate surface area is 149 Å². The fourth-order valence-corrected chi connectivity index (χ4v) is 5.12. The van der Waals surface area contributed by atoms with Gasteiger partial charge in [-0.2, -0.15) is 0 Å². The molecule has 0 aromatic rings. The Bertz CT molecular complexity index is 406. The van der Waals surface area contributed by atoms with Crippen LogP contribution in [0.15, 0.2) is 4.99 Å². The third kappa shape index (κ3) is 4.44. The van der Waals surface area contributed by atoms with E-state index in [1.807, 2.05) is 7.05 Å². The highest BCUT2D eigenvalue weighted by Gasteiger charge is 2.39. The predicted octanol–water partition coefficient (Wildman–Crippen LogP) is 3.34. The van der Waals surface area contributed by atoms with Crippen LogP contribution in [0.25, 0.3) is 0 Å². The first-order valence-corrected chi connectivity index (χ1v) is 10.4. The molecule has 2 saturated heterocycles. The van der Waals surface area contributed by atoms with Crippen molar-refractivity contribution in [1.82, 2.24) is 15.1 Å². The number of hydrogen-bond acceptors (Lipinski definition) is 2. The van der Waals surface area contributed by atoms with Crippen LogP contribution in [0, 0.1) is 11.3 Å². The molecule has 0 aromatic heterocycles. The molecule has 3 fully saturated rings. The average molecular weight is 335 g/mol. The maximum Gasteiger partial charge on any atom is 0.193 e. The Hall–Kier alpha value is -0.770. The minimum atomic E-state index is 0.612. The lowest BCUT2D eigenvalue weighted by Gasteiger charge is -2.34. The fourth-order valence-electron chi connectivity index (χ4n) is 5.12. The van der Waals surface area contributed by atoms with Gasteiger partial charge < -0.3 is 15.1 Å². The van der Waals surface area contributed by atoms with E-state index >= 15 is 0 Å². The zero-order valence-corrected chi connectivity index (χ0v) is 16.0. The maximum atomic E-state index is 4.60. The van der Waals surface area contributed by atoms with Gasteiger partial charge in [-0.3, -0.25) is 4.99 Å². The predicted molar refractivity (Wildman–Crippen MR) is 103 cm³/mol. The normalized spacial score (nSPS) is 26.2. The molecule has 3 rings (SSSR count). The van der Waals surface area contributed by atoms with Crippen LogP contribution < -0.4 is 5.32 Å². The second-order valence-electron chi connectivity index (χ2n) is 8.45. The minimum Gasteiger partial charge on any atom is -0.356 e. The van der Waals surface area contributed by atoms with Gasteiger partial charge in [0.25, 0.3) is 0 Å².